The minimum absolute atomic E-state index is 0.193. The summed E-state index contributed by atoms with van der Waals surface area (Å²) in [7, 11) is -4.45. The average molecular weight is 407 g/mol. The maximum Gasteiger partial charge on any atom is 0.372 e. The van der Waals surface area contributed by atoms with Gasteiger partial charge in [-0.15, -0.1) is 0 Å². The molecule has 0 saturated heterocycles. The van der Waals surface area contributed by atoms with E-state index in [1.165, 1.54) is 24.3 Å². The average Bonchev–Trinajstić information content (AvgIpc) is 2.34. The standard InChI is InChI=1S/C12H9Br2O4P/c13-9-1-5-11(6-2-9)17-19(15,16)18-12-7-3-10(14)4-8-12/h1-8H,(H,15,16)/p-1. The SMILES string of the molecule is O=P([O-])(Oc1ccc(Br)cc1)Oc1ccc(Br)cc1. The van der Waals surface area contributed by atoms with Crippen LogP contribution in [0.4, 0.5) is 0 Å². The highest BCUT2D eigenvalue weighted by Crippen LogP contribution is 2.40. The third-order valence-electron chi connectivity index (χ3n) is 2.06. The molecule has 0 heterocycles. The summed E-state index contributed by atoms with van der Waals surface area (Å²) in [6.45, 7) is 0. The molecule has 2 aromatic rings. The molecule has 0 spiro atoms. The van der Waals surface area contributed by atoms with E-state index in [2.05, 4.69) is 31.9 Å². The van der Waals surface area contributed by atoms with Gasteiger partial charge in [0.25, 0.3) is 0 Å². The Labute approximate surface area is 127 Å². The van der Waals surface area contributed by atoms with Crippen molar-refractivity contribution in [3.8, 4) is 11.5 Å². The molecule has 0 fully saturated rings. The first-order chi connectivity index (χ1) is 8.94. The van der Waals surface area contributed by atoms with E-state index in [9.17, 15) is 9.46 Å². The topological polar surface area (TPSA) is 58.6 Å². The molecule has 0 aliphatic carbocycles. The molecule has 0 amide bonds. The van der Waals surface area contributed by atoms with Gasteiger partial charge in [0, 0.05) is 8.95 Å². The van der Waals surface area contributed by atoms with E-state index in [0.29, 0.717) is 0 Å². The molecule has 0 unspecified atom stereocenters. The minimum Gasteiger partial charge on any atom is -0.736 e. The summed E-state index contributed by atoms with van der Waals surface area (Å²) in [6, 6.07) is 12.8. The summed E-state index contributed by atoms with van der Waals surface area (Å²) in [5.74, 6) is 0.386. The second-order valence-corrected chi connectivity index (χ2v) is 6.63. The molecule has 100 valence electrons. The summed E-state index contributed by atoms with van der Waals surface area (Å²) < 4.78 is 23.0. The number of halogens is 2. The molecule has 0 aromatic heterocycles. The van der Waals surface area contributed by atoms with Crippen LogP contribution in [0.25, 0.3) is 0 Å². The summed E-state index contributed by atoms with van der Waals surface area (Å²) >= 11 is 6.49. The van der Waals surface area contributed by atoms with E-state index < -0.39 is 7.82 Å². The van der Waals surface area contributed by atoms with Gasteiger partial charge >= 0.3 is 7.82 Å². The summed E-state index contributed by atoms with van der Waals surface area (Å²) in [4.78, 5) is 11.7. The predicted octanol–water partition coefficient (Wildman–Crippen LogP) is 4.14. The third-order valence-corrected chi connectivity index (χ3v) is 3.99. The first kappa shape index (κ1) is 14.6. The van der Waals surface area contributed by atoms with Gasteiger partial charge in [0.1, 0.15) is 11.5 Å². The van der Waals surface area contributed by atoms with E-state index in [-0.39, 0.29) is 11.5 Å². The lowest BCUT2D eigenvalue weighted by atomic mass is 10.3. The van der Waals surface area contributed by atoms with Crippen molar-refractivity contribution in [3.63, 3.8) is 0 Å². The van der Waals surface area contributed by atoms with Gasteiger partial charge in [0.05, 0.1) is 0 Å². The van der Waals surface area contributed by atoms with Crippen LogP contribution in [-0.4, -0.2) is 0 Å². The molecule has 0 atom stereocenters. The first-order valence-corrected chi connectivity index (χ1v) is 8.21. The lowest BCUT2D eigenvalue weighted by Gasteiger charge is -2.23. The second kappa shape index (κ2) is 6.09. The Morgan fingerprint density at radius 2 is 1.11 bits per heavy atom. The van der Waals surface area contributed by atoms with Crippen molar-refractivity contribution in [2.75, 3.05) is 0 Å². The lowest BCUT2D eigenvalue weighted by Crippen LogP contribution is -2.12. The first-order valence-electron chi connectivity index (χ1n) is 5.16. The molecule has 0 aliphatic heterocycles. The molecule has 0 N–H and O–H groups in total. The smallest absolute Gasteiger partial charge is 0.372 e. The molecule has 19 heavy (non-hydrogen) atoms. The number of hydrogen-bond donors (Lipinski definition) is 0. The van der Waals surface area contributed by atoms with Crippen molar-refractivity contribution in [2.24, 2.45) is 0 Å². The number of phosphoric ester groups is 1. The number of hydrogen-bond acceptors (Lipinski definition) is 4. The van der Waals surface area contributed by atoms with Gasteiger partial charge in [-0.25, -0.2) is 4.57 Å². The van der Waals surface area contributed by atoms with Crippen molar-refractivity contribution in [1.29, 1.82) is 0 Å². The van der Waals surface area contributed by atoms with Crippen molar-refractivity contribution in [2.45, 2.75) is 0 Å². The van der Waals surface area contributed by atoms with Gasteiger partial charge < -0.3 is 13.9 Å². The zero-order valence-corrected chi connectivity index (χ0v) is 13.5. The van der Waals surface area contributed by atoms with E-state index in [0.717, 1.165) is 8.95 Å². The van der Waals surface area contributed by atoms with Crippen LogP contribution in [0.5, 0.6) is 11.5 Å². The van der Waals surface area contributed by atoms with Crippen molar-refractivity contribution >= 4 is 39.7 Å². The van der Waals surface area contributed by atoms with Crippen molar-refractivity contribution in [1.82, 2.24) is 0 Å². The number of rotatable bonds is 4. The highest BCUT2D eigenvalue weighted by atomic mass is 79.9. The quantitative estimate of drug-likeness (QED) is 0.716. The van der Waals surface area contributed by atoms with Crippen LogP contribution in [0, 0.1) is 0 Å². The fourth-order valence-electron chi connectivity index (χ4n) is 1.27. The Kier molecular flexibility index (Phi) is 4.68. The molecule has 0 radical (unpaired) electrons. The van der Waals surface area contributed by atoms with Gasteiger partial charge in [-0.1, -0.05) is 31.9 Å². The zero-order chi connectivity index (χ0) is 13.9. The molecule has 0 aliphatic rings. The Balaban J connectivity index is 2.08. The van der Waals surface area contributed by atoms with Gasteiger partial charge in [-0.2, -0.15) is 0 Å². The number of benzene rings is 2. The summed E-state index contributed by atoms with van der Waals surface area (Å²) in [5.41, 5.74) is 0. The highest BCUT2D eigenvalue weighted by molar-refractivity contribution is 9.10. The van der Waals surface area contributed by atoms with Gasteiger partial charge in [0.15, 0.2) is 0 Å². The fourth-order valence-corrected chi connectivity index (χ4v) is 2.59. The molecule has 2 aromatic carbocycles. The van der Waals surface area contributed by atoms with Crippen molar-refractivity contribution < 1.29 is 18.5 Å². The predicted molar refractivity (Wildman–Crippen MR) is 77.1 cm³/mol. The van der Waals surface area contributed by atoms with E-state index in [1.54, 1.807) is 24.3 Å². The van der Waals surface area contributed by atoms with Gasteiger partial charge in [-0.05, 0) is 48.5 Å². The highest BCUT2D eigenvalue weighted by Gasteiger charge is 2.13. The van der Waals surface area contributed by atoms with Crippen LogP contribution < -0.4 is 13.9 Å². The van der Waals surface area contributed by atoms with Crippen LogP contribution >= 0.6 is 39.7 Å². The monoisotopic (exact) mass is 405 g/mol. The maximum atomic E-state index is 11.7. The van der Waals surface area contributed by atoms with E-state index >= 15 is 0 Å². The summed E-state index contributed by atoms with van der Waals surface area (Å²) in [6.07, 6.45) is 0. The third kappa shape index (κ3) is 4.66. The van der Waals surface area contributed by atoms with E-state index in [4.69, 9.17) is 9.05 Å². The largest absolute Gasteiger partial charge is 0.736 e. The van der Waals surface area contributed by atoms with Gasteiger partial charge in [0.2, 0.25) is 0 Å². The Morgan fingerprint density at radius 1 is 0.789 bits per heavy atom. The maximum absolute atomic E-state index is 11.7. The van der Waals surface area contributed by atoms with Crippen LogP contribution in [0.2, 0.25) is 0 Å². The van der Waals surface area contributed by atoms with Crippen LogP contribution in [0.15, 0.2) is 57.5 Å². The Bertz CT molecular complexity index is 547. The Hall–Kier alpha value is -0.810. The normalized spacial score (nSPS) is 11.1. The van der Waals surface area contributed by atoms with Crippen LogP contribution in [0.3, 0.4) is 0 Å². The molecule has 0 bridgehead atoms. The van der Waals surface area contributed by atoms with Crippen LogP contribution in [0.1, 0.15) is 0 Å². The lowest BCUT2D eigenvalue weighted by molar-refractivity contribution is -0.208. The minimum atomic E-state index is -4.45. The molecule has 0 saturated carbocycles. The van der Waals surface area contributed by atoms with Crippen molar-refractivity contribution in [3.05, 3.63) is 57.5 Å². The van der Waals surface area contributed by atoms with E-state index in [1.807, 2.05) is 0 Å². The molecular formula is C12H8Br2O4P-. The number of phosphoric acid groups is 1. The van der Waals surface area contributed by atoms with Crippen LogP contribution in [-0.2, 0) is 4.57 Å². The molecular weight excluding hydrogens is 399 g/mol. The molecule has 4 nitrogen and oxygen atoms in total. The Morgan fingerprint density at radius 3 is 1.42 bits per heavy atom. The fraction of sp³-hybridized carbons (Fsp3) is 0. The molecule has 2 rings (SSSR count). The summed E-state index contributed by atoms with van der Waals surface area (Å²) in [5, 5.41) is 0. The van der Waals surface area contributed by atoms with Gasteiger partial charge in [-0.3, -0.25) is 0 Å². The second-order valence-electron chi connectivity index (χ2n) is 3.54. The molecule has 7 heteroatoms. The zero-order valence-electron chi connectivity index (χ0n) is 9.45.